The molecule has 0 fully saturated rings. The summed E-state index contributed by atoms with van der Waals surface area (Å²) in [6.07, 6.45) is 5.35. The van der Waals surface area contributed by atoms with Gasteiger partial charge >= 0.3 is 0 Å². The second-order valence-corrected chi connectivity index (χ2v) is 6.20. The van der Waals surface area contributed by atoms with E-state index in [9.17, 15) is 0 Å². The second kappa shape index (κ2) is 9.54. The molecule has 0 bridgehead atoms. The van der Waals surface area contributed by atoms with Crippen LogP contribution in [0.15, 0.2) is 17.5 Å². The van der Waals surface area contributed by atoms with Gasteiger partial charge in [0.05, 0.1) is 0 Å². The monoisotopic (exact) mass is 268 g/mol. The van der Waals surface area contributed by atoms with Gasteiger partial charge in [-0.3, -0.25) is 0 Å². The van der Waals surface area contributed by atoms with E-state index in [4.69, 9.17) is 0 Å². The molecule has 0 aliphatic heterocycles. The number of nitrogens with zero attached hydrogens (tertiary/aromatic N) is 1. The summed E-state index contributed by atoms with van der Waals surface area (Å²) in [5, 5.41) is 5.76. The van der Waals surface area contributed by atoms with Crippen molar-refractivity contribution in [2.24, 2.45) is 0 Å². The highest BCUT2D eigenvalue weighted by molar-refractivity contribution is 7.09. The van der Waals surface area contributed by atoms with Gasteiger partial charge in [0.15, 0.2) is 0 Å². The van der Waals surface area contributed by atoms with E-state index in [1.54, 1.807) is 0 Å². The number of nitrogens with one attached hydrogen (secondary N) is 1. The Morgan fingerprint density at radius 1 is 1.39 bits per heavy atom. The maximum absolute atomic E-state index is 3.61. The first-order valence-electron chi connectivity index (χ1n) is 7.16. The van der Waals surface area contributed by atoms with Gasteiger partial charge in [-0.2, -0.15) is 0 Å². The third kappa shape index (κ3) is 7.14. The molecule has 0 aliphatic carbocycles. The van der Waals surface area contributed by atoms with Gasteiger partial charge < -0.3 is 10.2 Å². The lowest BCUT2D eigenvalue weighted by Gasteiger charge is -2.18. The van der Waals surface area contributed by atoms with Crippen molar-refractivity contribution in [3.63, 3.8) is 0 Å². The van der Waals surface area contributed by atoms with Gasteiger partial charge in [0.2, 0.25) is 0 Å². The third-order valence-corrected chi connectivity index (χ3v) is 4.09. The number of thiophene rings is 1. The fraction of sp³-hybridized carbons (Fsp3) is 0.733. The average molecular weight is 268 g/mol. The molecule has 0 spiro atoms. The molecule has 0 aromatic carbocycles. The molecule has 18 heavy (non-hydrogen) atoms. The van der Waals surface area contributed by atoms with Crippen LogP contribution in [0, 0.1) is 0 Å². The van der Waals surface area contributed by atoms with E-state index in [-0.39, 0.29) is 0 Å². The Labute approximate surface area is 116 Å². The van der Waals surface area contributed by atoms with E-state index in [0.29, 0.717) is 6.04 Å². The Morgan fingerprint density at radius 3 is 2.89 bits per heavy atom. The van der Waals surface area contributed by atoms with Gasteiger partial charge in [0, 0.05) is 30.6 Å². The highest BCUT2D eigenvalue weighted by Crippen LogP contribution is 2.10. The predicted molar refractivity (Wildman–Crippen MR) is 82.3 cm³/mol. The lowest BCUT2D eigenvalue weighted by molar-refractivity contribution is 0.318. The summed E-state index contributed by atoms with van der Waals surface area (Å²) in [5.41, 5.74) is 0. The van der Waals surface area contributed by atoms with E-state index in [1.807, 2.05) is 11.3 Å². The van der Waals surface area contributed by atoms with Crippen molar-refractivity contribution < 1.29 is 0 Å². The van der Waals surface area contributed by atoms with Crippen LogP contribution in [0.1, 0.15) is 44.4 Å². The Balaban J connectivity index is 2.02. The maximum atomic E-state index is 3.61. The number of hydrogen-bond acceptors (Lipinski definition) is 3. The van der Waals surface area contributed by atoms with Crippen LogP contribution in [0.4, 0.5) is 0 Å². The standard InChI is InChI=1S/C15H28N2S/c1-4-5-6-8-14(2)16-10-11-17(3)13-15-9-7-12-18-15/h7,9,12,14,16H,4-6,8,10-11,13H2,1-3H3. The topological polar surface area (TPSA) is 15.3 Å². The molecular formula is C15H28N2S. The first-order chi connectivity index (χ1) is 8.72. The molecule has 1 aromatic rings. The summed E-state index contributed by atoms with van der Waals surface area (Å²) in [5.74, 6) is 0. The quantitative estimate of drug-likeness (QED) is 0.650. The summed E-state index contributed by atoms with van der Waals surface area (Å²) in [4.78, 5) is 3.84. The van der Waals surface area contributed by atoms with E-state index in [2.05, 4.69) is 48.6 Å². The zero-order valence-corrected chi connectivity index (χ0v) is 12.9. The number of unbranched alkanes of at least 4 members (excludes halogenated alkanes) is 2. The summed E-state index contributed by atoms with van der Waals surface area (Å²) < 4.78 is 0. The van der Waals surface area contributed by atoms with Crippen LogP contribution >= 0.6 is 11.3 Å². The van der Waals surface area contributed by atoms with Crippen molar-refractivity contribution in [2.45, 2.75) is 52.1 Å². The van der Waals surface area contributed by atoms with E-state index in [1.165, 1.54) is 30.6 Å². The van der Waals surface area contributed by atoms with Crippen LogP contribution in [-0.2, 0) is 6.54 Å². The van der Waals surface area contributed by atoms with Crippen LogP contribution in [-0.4, -0.2) is 31.1 Å². The predicted octanol–water partition coefficient (Wildman–Crippen LogP) is 3.74. The van der Waals surface area contributed by atoms with Crippen molar-refractivity contribution in [3.8, 4) is 0 Å². The molecule has 0 saturated carbocycles. The molecule has 0 amide bonds. The summed E-state index contributed by atoms with van der Waals surface area (Å²) in [6, 6.07) is 5.00. The van der Waals surface area contributed by atoms with Gasteiger partial charge in [-0.05, 0) is 31.8 Å². The Kier molecular flexibility index (Phi) is 8.31. The van der Waals surface area contributed by atoms with Gasteiger partial charge in [0.1, 0.15) is 0 Å². The molecule has 0 aliphatic rings. The van der Waals surface area contributed by atoms with Crippen LogP contribution < -0.4 is 5.32 Å². The minimum absolute atomic E-state index is 0.659. The third-order valence-electron chi connectivity index (χ3n) is 3.23. The molecule has 2 nitrogen and oxygen atoms in total. The zero-order chi connectivity index (χ0) is 13.2. The fourth-order valence-electron chi connectivity index (χ4n) is 2.05. The highest BCUT2D eigenvalue weighted by Gasteiger charge is 2.03. The molecule has 1 aromatic heterocycles. The minimum atomic E-state index is 0.659. The molecule has 1 unspecified atom stereocenters. The van der Waals surface area contributed by atoms with Gasteiger partial charge in [-0.25, -0.2) is 0 Å². The van der Waals surface area contributed by atoms with Crippen LogP contribution in [0.25, 0.3) is 0 Å². The van der Waals surface area contributed by atoms with Crippen LogP contribution in [0.2, 0.25) is 0 Å². The average Bonchev–Trinajstić information content (AvgIpc) is 2.82. The molecule has 0 saturated heterocycles. The van der Waals surface area contributed by atoms with Crippen molar-refractivity contribution in [3.05, 3.63) is 22.4 Å². The molecule has 1 rings (SSSR count). The molecule has 0 radical (unpaired) electrons. The number of rotatable bonds is 10. The molecule has 1 N–H and O–H groups in total. The SMILES string of the molecule is CCCCCC(C)NCCN(C)Cc1cccs1. The number of hydrogen-bond donors (Lipinski definition) is 1. The van der Waals surface area contributed by atoms with Crippen molar-refractivity contribution in [1.82, 2.24) is 10.2 Å². The molecule has 104 valence electrons. The van der Waals surface area contributed by atoms with Crippen molar-refractivity contribution >= 4 is 11.3 Å². The van der Waals surface area contributed by atoms with Gasteiger partial charge in [0.25, 0.3) is 0 Å². The normalized spacial score (nSPS) is 13.1. The Bertz CT molecular complexity index is 285. The smallest absolute Gasteiger partial charge is 0.0325 e. The van der Waals surface area contributed by atoms with Crippen LogP contribution in [0.3, 0.4) is 0 Å². The highest BCUT2D eigenvalue weighted by atomic mass is 32.1. The maximum Gasteiger partial charge on any atom is 0.0325 e. The zero-order valence-electron chi connectivity index (χ0n) is 12.1. The lowest BCUT2D eigenvalue weighted by Crippen LogP contribution is -2.34. The van der Waals surface area contributed by atoms with Crippen LogP contribution in [0.5, 0.6) is 0 Å². The molecular weight excluding hydrogens is 240 g/mol. The van der Waals surface area contributed by atoms with Crippen molar-refractivity contribution in [1.29, 1.82) is 0 Å². The first kappa shape index (κ1) is 15.7. The number of likely N-dealkylation sites (N-methyl/N-ethyl adjacent to an activating group) is 1. The molecule has 3 heteroatoms. The Morgan fingerprint density at radius 2 is 2.22 bits per heavy atom. The fourth-order valence-corrected chi connectivity index (χ4v) is 2.84. The second-order valence-electron chi connectivity index (χ2n) is 5.17. The molecule has 1 atom stereocenters. The lowest BCUT2D eigenvalue weighted by atomic mass is 10.1. The van der Waals surface area contributed by atoms with Crippen molar-refractivity contribution in [2.75, 3.05) is 20.1 Å². The van der Waals surface area contributed by atoms with E-state index >= 15 is 0 Å². The minimum Gasteiger partial charge on any atom is -0.313 e. The summed E-state index contributed by atoms with van der Waals surface area (Å²) in [6.45, 7) is 7.85. The van der Waals surface area contributed by atoms with Gasteiger partial charge in [-0.15, -0.1) is 11.3 Å². The largest absolute Gasteiger partial charge is 0.313 e. The van der Waals surface area contributed by atoms with E-state index in [0.717, 1.165) is 19.6 Å². The molecule has 1 heterocycles. The summed E-state index contributed by atoms with van der Waals surface area (Å²) >= 11 is 1.84. The summed E-state index contributed by atoms with van der Waals surface area (Å²) in [7, 11) is 2.20. The van der Waals surface area contributed by atoms with E-state index < -0.39 is 0 Å². The first-order valence-corrected chi connectivity index (χ1v) is 8.04. The van der Waals surface area contributed by atoms with Gasteiger partial charge in [-0.1, -0.05) is 32.3 Å². The Hall–Kier alpha value is -0.380.